The highest BCUT2D eigenvalue weighted by Crippen LogP contribution is 2.24. The minimum atomic E-state index is -0.0221. The Balaban J connectivity index is 2.08. The zero-order valence-corrected chi connectivity index (χ0v) is 11.9. The molecule has 1 unspecified atom stereocenters. The SMILES string of the molecule is CC(N)c1ccccc1OCc1ccc(Br)cc1. The molecule has 2 N–H and O–H groups in total. The molecule has 94 valence electrons. The molecule has 0 aromatic heterocycles. The first-order valence-electron chi connectivity index (χ1n) is 5.88. The van der Waals surface area contributed by atoms with Crippen LogP contribution in [0.2, 0.25) is 0 Å². The van der Waals surface area contributed by atoms with Crippen molar-refractivity contribution in [2.75, 3.05) is 0 Å². The van der Waals surface area contributed by atoms with Crippen LogP contribution in [0.5, 0.6) is 5.75 Å². The van der Waals surface area contributed by atoms with Crippen molar-refractivity contribution in [2.24, 2.45) is 5.73 Å². The lowest BCUT2D eigenvalue weighted by atomic mass is 10.1. The molecule has 0 heterocycles. The van der Waals surface area contributed by atoms with E-state index in [2.05, 4.69) is 15.9 Å². The first-order valence-corrected chi connectivity index (χ1v) is 6.68. The highest BCUT2D eigenvalue weighted by Gasteiger charge is 2.06. The number of para-hydroxylation sites is 1. The lowest BCUT2D eigenvalue weighted by Gasteiger charge is -2.13. The maximum atomic E-state index is 5.92. The van der Waals surface area contributed by atoms with Gasteiger partial charge < -0.3 is 10.5 Å². The van der Waals surface area contributed by atoms with Crippen LogP contribution in [-0.2, 0) is 6.61 Å². The van der Waals surface area contributed by atoms with Crippen LogP contribution >= 0.6 is 15.9 Å². The van der Waals surface area contributed by atoms with Crippen molar-refractivity contribution in [1.29, 1.82) is 0 Å². The molecule has 2 nitrogen and oxygen atoms in total. The minimum Gasteiger partial charge on any atom is -0.489 e. The number of nitrogens with two attached hydrogens (primary N) is 1. The third-order valence-corrected chi connectivity index (χ3v) is 3.25. The van der Waals surface area contributed by atoms with Gasteiger partial charge in [0, 0.05) is 16.1 Å². The molecule has 0 aliphatic heterocycles. The summed E-state index contributed by atoms with van der Waals surface area (Å²) in [6.45, 7) is 2.51. The molecule has 0 radical (unpaired) electrons. The fraction of sp³-hybridized carbons (Fsp3) is 0.200. The zero-order chi connectivity index (χ0) is 13.0. The number of ether oxygens (including phenoxy) is 1. The van der Waals surface area contributed by atoms with Gasteiger partial charge in [-0.05, 0) is 30.7 Å². The smallest absolute Gasteiger partial charge is 0.124 e. The second kappa shape index (κ2) is 6.03. The summed E-state index contributed by atoms with van der Waals surface area (Å²) in [5.74, 6) is 0.857. The molecule has 0 amide bonds. The van der Waals surface area contributed by atoms with Crippen molar-refractivity contribution in [1.82, 2.24) is 0 Å². The molecule has 0 spiro atoms. The van der Waals surface area contributed by atoms with Crippen LogP contribution in [-0.4, -0.2) is 0 Å². The predicted octanol–water partition coefficient (Wildman–Crippen LogP) is 4.05. The molecule has 0 saturated carbocycles. The summed E-state index contributed by atoms with van der Waals surface area (Å²) in [7, 11) is 0. The summed E-state index contributed by atoms with van der Waals surface area (Å²) < 4.78 is 6.90. The highest BCUT2D eigenvalue weighted by molar-refractivity contribution is 9.10. The first-order chi connectivity index (χ1) is 8.66. The quantitative estimate of drug-likeness (QED) is 0.925. The molecule has 0 bridgehead atoms. The van der Waals surface area contributed by atoms with Gasteiger partial charge in [0.05, 0.1) is 0 Å². The van der Waals surface area contributed by atoms with E-state index < -0.39 is 0 Å². The molecule has 2 aromatic rings. The number of hydrogen-bond acceptors (Lipinski definition) is 2. The van der Waals surface area contributed by atoms with E-state index in [0.717, 1.165) is 21.3 Å². The zero-order valence-electron chi connectivity index (χ0n) is 10.3. The van der Waals surface area contributed by atoms with E-state index in [0.29, 0.717) is 6.61 Å². The van der Waals surface area contributed by atoms with Crippen LogP contribution in [0.4, 0.5) is 0 Å². The normalized spacial score (nSPS) is 12.2. The van der Waals surface area contributed by atoms with Gasteiger partial charge in [-0.2, -0.15) is 0 Å². The molecule has 18 heavy (non-hydrogen) atoms. The van der Waals surface area contributed by atoms with E-state index in [1.165, 1.54) is 0 Å². The predicted molar refractivity (Wildman–Crippen MR) is 77.5 cm³/mol. The minimum absolute atomic E-state index is 0.0221. The Morgan fingerprint density at radius 2 is 1.78 bits per heavy atom. The molecule has 0 aliphatic rings. The Morgan fingerprint density at radius 3 is 2.44 bits per heavy atom. The second-order valence-electron chi connectivity index (χ2n) is 4.24. The number of halogens is 1. The van der Waals surface area contributed by atoms with Gasteiger partial charge in [-0.15, -0.1) is 0 Å². The summed E-state index contributed by atoms with van der Waals surface area (Å²) in [5.41, 5.74) is 8.09. The number of rotatable bonds is 4. The van der Waals surface area contributed by atoms with Crippen LogP contribution in [0.15, 0.2) is 53.0 Å². The Hall–Kier alpha value is -1.32. The van der Waals surface area contributed by atoms with Gasteiger partial charge in [-0.1, -0.05) is 46.3 Å². The molecule has 3 heteroatoms. The highest BCUT2D eigenvalue weighted by atomic mass is 79.9. The van der Waals surface area contributed by atoms with Gasteiger partial charge in [0.1, 0.15) is 12.4 Å². The summed E-state index contributed by atoms with van der Waals surface area (Å²) in [6.07, 6.45) is 0. The van der Waals surface area contributed by atoms with E-state index in [-0.39, 0.29) is 6.04 Å². The van der Waals surface area contributed by atoms with E-state index in [1.807, 2.05) is 55.5 Å². The molecule has 1 atom stereocenters. The molecular weight excluding hydrogens is 290 g/mol. The van der Waals surface area contributed by atoms with Gasteiger partial charge in [-0.3, -0.25) is 0 Å². The molecule has 2 aromatic carbocycles. The van der Waals surface area contributed by atoms with Gasteiger partial charge in [0.15, 0.2) is 0 Å². The topological polar surface area (TPSA) is 35.2 Å². The molecule has 0 saturated heterocycles. The van der Waals surface area contributed by atoms with Crippen molar-refractivity contribution in [3.05, 3.63) is 64.1 Å². The van der Waals surface area contributed by atoms with Crippen molar-refractivity contribution >= 4 is 15.9 Å². The summed E-state index contributed by atoms with van der Waals surface area (Å²) in [4.78, 5) is 0. The van der Waals surface area contributed by atoms with Crippen molar-refractivity contribution < 1.29 is 4.74 Å². The molecular formula is C15H16BrNO. The van der Waals surface area contributed by atoms with Crippen LogP contribution in [0.1, 0.15) is 24.1 Å². The van der Waals surface area contributed by atoms with E-state index in [4.69, 9.17) is 10.5 Å². The summed E-state index contributed by atoms with van der Waals surface area (Å²) in [5, 5.41) is 0. The van der Waals surface area contributed by atoms with E-state index >= 15 is 0 Å². The third-order valence-electron chi connectivity index (χ3n) is 2.72. The fourth-order valence-electron chi connectivity index (χ4n) is 1.73. The average Bonchev–Trinajstić information content (AvgIpc) is 2.38. The summed E-state index contributed by atoms with van der Waals surface area (Å²) in [6, 6.07) is 16.0. The Kier molecular flexibility index (Phi) is 4.39. The maximum absolute atomic E-state index is 5.92. The van der Waals surface area contributed by atoms with Gasteiger partial charge >= 0.3 is 0 Å². The standard InChI is InChI=1S/C15H16BrNO/c1-11(17)14-4-2-3-5-15(14)18-10-12-6-8-13(16)9-7-12/h2-9,11H,10,17H2,1H3. The number of hydrogen-bond donors (Lipinski definition) is 1. The van der Waals surface area contributed by atoms with Crippen LogP contribution in [0.25, 0.3) is 0 Å². The Bertz CT molecular complexity index is 508. The van der Waals surface area contributed by atoms with Gasteiger partial charge in [0.2, 0.25) is 0 Å². The van der Waals surface area contributed by atoms with Crippen molar-refractivity contribution in [3.63, 3.8) is 0 Å². The van der Waals surface area contributed by atoms with E-state index in [9.17, 15) is 0 Å². The van der Waals surface area contributed by atoms with Crippen LogP contribution < -0.4 is 10.5 Å². The van der Waals surface area contributed by atoms with Crippen LogP contribution in [0.3, 0.4) is 0 Å². The van der Waals surface area contributed by atoms with Crippen molar-refractivity contribution in [3.8, 4) is 5.75 Å². The lowest BCUT2D eigenvalue weighted by molar-refractivity contribution is 0.301. The Labute approximate surface area is 116 Å². The third kappa shape index (κ3) is 3.34. The summed E-state index contributed by atoms with van der Waals surface area (Å²) >= 11 is 3.41. The van der Waals surface area contributed by atoms with Crippen molar-refractivity contribution in [2.45, 2.75) is 19.6 Å². The van der Waals surface area contributed by atoms with Crippen LogP contribution in [0, 0.1) is 0 Å². The lowest BCUT2D eigenvalue weighted by Crippen LogP contribution is -2.07. The van der Waals surface area contributed by atoms with Gasteiger partial charge in [-0.25, -0.2) is 0 Å². The second-order valence-corrected chi connectivity index (χ2v) is 5.16. The maximum Gasteiger partial charge on any atom is 0.124 e. The fourth-order valence-corrected chi connectivity index (χ4v) is 1.99. The van der Waals surface area contributed by atoms with E-state index in [1.54, 1.807) is 0 Å². The number of benzene rings is 2. The first kappa shape index (κ1) is 13.1. The van der Waals surface area contributed by atoms with Gasteiger partial charge in [0.25, 0.3) is 0 Å². The Morgan fingerprint density at radius 1 is 1.11 bits per heavy atom. The molecule has 0 aliphatic carbocycles. The largest absolute Gasteiger partial charge is 0.489 e. The average molecular weight is 306 g/mol. The monoisotopic (exact) mass is 305 g/mol. The molecule has 0 fully saturated rings. The molecule has 2 rings (SSSR count).